The van der Waals surface area contributed by atoms with Gasteiger partial charge >= 0.3 is 0 Å². The van der Waals surface area contributed by atoms with Gasteiger partial charge in [-0.25, -0.2) is 14.6 Å². The summed E-state index contributed by atoms with van der Waals surface area (Å²) in [5, 5.41) is 7.43. The van der Waals surface area contributed by atoms with E-state index in [9.17, 15) is 4.79 Å². The number of hydrogen-bond acceptors (Lipinski definition) is 5. The normalized spacial score (nSPS) is 10.7. The van der Waals surface area contributed by atoms with Gasteiger partial charge in [0, 0.05) is 21.0 Å². The lowest BCUT2D eigenvalue weighted by Crippen LogP contribution is -2.13. The van der Waals surface area contributed by atoms with E-state index in [2.05, 4.69) is 43.0 Å². The SMILES string of the molecule is Cc1nn(-c2cc(Oc3ccc(NC(=O)c4ccccc4I)cc3)ncn2)c(C)c1C. The van der Waals surface area contributed by atoms with Gasteiger partial charge in [0.1, 0.15) is 12.1 Å². The number of rotatable bonds is 5. The molecule has 31 heavy (non-hydrogen) atoms. The van der Waals surface area contributed by atoms with Crippen LogP contribution in [-0.4, -0.2) is 25.7 Å². The zero-order chi connectivity index (χ0) is 22.0. The first-order valence-corrected chi connectivity index (χ1v) is 10.7. The van der Waals surface area contributed by atoms with Gasteiger partial charge in [0.15, 0.2) is 5.82 Å². The Bertz CT molecular complexity index is 1250. The van der Waals surface area contributed by atoms with Crippen LogP contribution < -0.4 is 10.1 Å². The van der Waals surface area contributed by atoms with Crippen LogP contribution in [0.25, 0.3) is 5.82 Å². The predicted octanol–water partition coefficient (Wildman–Crippen LogP) is 5.24. The Morgan fingerprint density at radius 2 is 1.77 bits per heavy atom. The molecule has 0 spiro atoms. The molecule has 2 aromatic carbocycles. The standard InChI is InChI=1S/C23H20IN5O2/c1-14-15(2)28-29(16(14)3)21-12-22(26-13-25-21)31-18-10-8-17(9-11-18)27-23(30)19-6-4-5-7-20(19)24/h4-13H,1-3H3,(H,27,30). The molecule has 0 saturated carbocycles. The molecule has 156 valence electrons. The quantitative estimate of drug-likeness (QED) is 0.361. The van der Waals surface area contributed by atoms with Gasteiger partial charge in [0.2, 0.25) is 5.88 Å². The van der Waals surface area contributed by atoms with E-state index in [4.69, 9.17) is 4.74 Å². The van der Waals surface area contributed by atoms with Crippen molar-refractivity contribution in [3.63, 3.8) is 0 Å². The predicted molar refractivity (Wildman–Crippen MR) is 127 cm³/mol. The Kier molecular flexibility index (Phi) is 5.99. The van der Waals surface area contributed by atoms with Gasteiger partial charge in [-0.2, -0.15) is 5.10 Å². The van der Waals surface area contributed by atoms with Crippen molar-refractivity contribution in [1.29, 1.82) is 0 Å². The Morgan fingerprint density at radius 3 is 2.45 bits per heavy atom. The van der Waals surface area contributed by atoms with E-state index in [0.717, 1.165) is 20.5 Å². The number of halogens is 1. The molecule has 0 aliphatic carbocycles. The molecule has 2 aromatic heterocycles. The average Bonchev–Trinajstić information content (AvgIpc) is 3.03. The number of ether oxygens (including phenoxy) is 1. The summed E-state index contributed by atoms with van der Waals surface area (Å²) in [5.74, 6) is 1.49. The first-order chi connectivity index (χ1) is 14.9. The topological polar surface area (TPSA) is 81.9 Å². The second-order valence-electron chi connectivity index (χ2n) is 6.98. The molecule has 0 bridgehead atoms. The third kappa shape index (κ3) is 4.58. The molecule has 0 radical (unpaired) electrons. The molecule has 2 heterocycles. The van der Waals surface area contributed by atoms with E-state index in [-0.39, 0.29) is 5.91 Å². The van der Waals surface area contributed by atoms with E-state index in [0.29, 0.717) is 28.7 Å². The van der Waals surface area contributed by atoms with Crippen LogP contribution in [0.2, 0.25) is 0 Å². The van der Waals surface area contributed by atoms with Gasteiger partial charge in [-0.05, 0) is 85.3 Å². The van der Waals surface area contributed by atoms with Crippen LogP contribution in [0.1, 0.15) is 27.3 Å². The zero-order valence-corrected chi connectivity index (χ0v) is 19.4. The van der Waals surface area contributed by atoms with Crippen molar-refractivity contribution in [1.82, 2.24) is 19.7 Å². The minimum Gasteiger partial charge on any atom is -0.439 e. The molecule has 1 N–H and O–H groups in total. The molecule has 0 fully saturated rings. The highest BCUT2D eigenvalue weighted by atomic mass is 127. The number of aryl methyl sites for hydroxylation is 1. The average molecular weight is 525 g/mol. The molecule has 0 aliphatic heterocycles. The fraction of sp³-hybridized carbons (Fsp3) is 0.130. The monoisotopic (exact) mass is 525 g/mol. The van der Waals surface area contributed by atoms with Crippen LogP contribution >= 0.6 is 22.6 Å². The summed E-state index contributed by atoms with van der Waals surface area (Å²) in [6, 6.07) is 16.3. The van der Waals surface area contributed by atoms with Crippen LogP contribution in [0.4, 0.5) is 5.69 Å². The largest absolute Gasteiger partial charge is 0.439 e. The van der Waals surface area contributed by atoms with Gasteiger partial charge in [0.25, 0.3) is 5.91 Å². The van der Waals surface area contributed by atoms with E-state index < -0.39 is 0 Å². The number of aromatic nitrogens is 4. The lowest BCUT2D eigenvalue weighted by molar-refractivity contribution is 0.102. The van der Waals surface area contributed by atoms with Gasteiger partial charge in [-0.3, -0.25) is 4.79 Å². The second-order valence-corrected chi connectivity index (χ2v) is 8.14. The fourth-order valence-corrected chi connectivity index (χ4v) is 3.65. The Hall–Kier alpha value is -3.27. The van der Waals surface area contributed by atoms with E-state index in [1.54, 1.807) is 41.1 Å². The number of anilines is 1. The third-order valence-electron chi connectivity index (χ3n) is 4.95. The first-order valence-electron chi connectivity index (χ1n) is 9.61. The highest BCUT2D eigenvalue weighted by Crippen LogP contribution is 2.24. The summed E-state index contributed by atoms with van der Waals surface area (Å²) in [6.45, 7) is 6.00. The maximum absolute atomic E-state index is 12.5. The highest BCUT2D eigenvalue weighted by Gasteiger charge is 2.12. The summed E-state index contributed by atoms with van der Waals surface area (Å²) in [5.41, 5.74) is 4.43. The van der Waals surface area contributed by atoms with Crippen molar-refractivity contribution >= 4 is 34.2 Å². The number of carbonyl (C=O) groups is 1. The van der Waals surface area contributed by atoms with Crippen LogP contribution in [0.3, 0.4) is 0 Å². The summed E-state index contributed by atoms with van der Waals surface area (Å²) >= 11 is 2.15. The Balaban J connectivity index is 1.48. The molecule has 0 aliphatic rings. The van der Waals surface area contributed by atoms with Gasteiger partial charge in [-0.1, -0.05) is 12.1 Å². The number of carbonyl (C=O) groups excluding carboxylic acids is 1. The van der Waals surface area contributed by atoms with Crippen molar-refractivity contribution < 1.29 is 9.53 Å². The molecule has 0 atom stereocenters. The number of amides is 1. The molecule has 1 amide bonds. The van der Waals surface area contributed by atoms with Crippen molar-refractivity contribution in [3.8, 4) is 17.4 Å². The van der Waals surface area contributed by atoms with E-state index in [1.165, 1.54) is 6.33 Å². The first kappa shape index (κ1) is 21.0. The Morgan fingerprint density at radius 1 is 1.03 bits per heavy atom. The van der Waals surface area contributed by atoms with Crippen LogP contribution in [0.15, 0.2) is 60.9 Å². The van der Waals surface area contributed by atoms with Crippen molar-refractivity contribution in [2.24, 2.45) is 0 Å². The van der Waals surface area contributed by atoms with Crippen molar-refractivity contribution in [2.75, 3.05) is 5.32 Å². The third-order valence-corrected chi connectivity index (χ3v) is 5.89. The molecule has 0 unspecified atom stereocenters. The lowest BCUT2D eigenvalue weighted by Gasteiger charge is -2.09. The number of hydrogen-bond donors (Lipinski definition) is 1. The summed E-state index contributed by atoms with van der Waals surface area (Å²) in [4.78, 5) is 21.0. The smallest absolute Gasteiger partial charge is 0.256 e. The van der Waals surface area contributed by atoms with Crippen LogP contribution in [0.5, 0.6) is 11.6 Å². The molecule has 4 rings (SSSR count). The Labute approximate surface area is 193 Å². The number of nitrogens with one attached hydrogen (secondary N) is 1. The van der Waals surface area contributed by atoms with Crippen LogP contribution in [0, 0.1) is 24.3 Å². The number of nitrogens with zero attached hydrogens (tertiary/aromatic N) is 4. The van der Waals surface area contributed by atoms with Crippen molar-refractivity contribution in [2.45, 2.75) is 20.8 Å². The van der Waals surface area contributed by atoms with Crippen molar-refractivity contribution in [3.05, 3.63) is 87.0 Å². The highest BCUT2D eigenvalue weighted by molar-refractivity contribution is 14.1. The minimum absolute atomic E-state index is 0.153. The molecule has 4 aromatic rings. The molecule has 8 heteroatoms. The van der Waals surface area contributed by atoms with Crippen LogP contribution in [-0.2, 0) is 0 Å². The lowest BCUT2D eigenvalue weighted by atomic mass is 10.2. The molecule has 7 nitrogen and oxygen atoms in total. The maximum Gasteiger partial charge on any atom is 0.256 e. The van der Waals surface area contributed by atoms with Gasteiger partial charge in [0.05, 0.1) is 11.3 Å². The summed E-state index contributed by atoms with van der Waals surface area (Å²) in [6.07, 6.45) is 1.45. The summed E-state index contributed by atoms with van der Waals surface area (Å²) < 4.78 is 8.55. The molecule has 0 saturated heterocycles. The van der Waals surface area contributed by atoms with E-state index >= 15 is 0 Å². The zero-order valence-electron chi connectivity index (χ0n) is 17.3. The fourth-order valence-electron chi connectivity index (χ4n) is 3.02. The molecular formula is C23H20IN5O2. The molecular weight excluding hydrogens is 505 g/mol. The van der Waals surface area contributed by atoms with Gasteiger partial charge < -0.3 is 10.1 Å². The number of benzene rings is 2. The van der Waals surface area contributed by atoms with Gasteiger partial charge in [-0.15, -0.1) is 0 Å². The van der Waals surface area contributed by atoms with E-state index in [1.807, 2.05) is 39.0 Å². The minimum atomic E-state index is -0.153. The summed E-state index contributed by atoms with van der Waals surface area (Å²) in [7, 11) is 0. The maximum atomic E-state index is 12.5. The second kappa shape index (κ2) is 8.84.